The smallest absolute Gasteiger partial charge is 0.242 e. The van der Waals surface area contributed by atoms with Gasteiger partial charge in [-0.25, -0.2) is 0 Å². The SMILES string of the molecule is O=C(CN1CCCC(c2ccccc2)(c2ccccc2)C1=O)N1CCC(Oc2ccc(Cl)cc2)CC1. The number of benzene rings is 3. The molecule has 2 aliphatic heterocycles. The van der Waals surface area contributed by atoms with Crippen molar-refractivity contribution < 1.29 is 14.3 Å². The second-order valence-corrected chi connectivity index (χ2v) is 10.1. The number of carbonyl (C=O) groups excluding carboxylic acids is 2. The van der Waals surface area contributed by atoms with Crippen molar-refractivity contribution in [2.45, 2.75) is 37.2 Å². The third kappa shape index (κ3) is 4.98. The van der Waals surface area contributed by atoms with Crippen LogP contribution in [0.4, 0.5) is 0 Å². The van der Waals surface area contributed by atoms with Crippen LogP contribution in [-0.4, -0.2) is 53.9 Å². The Labute approximate surface area is 217 Å². The predicted octanol–water partition coefficient (Wildman–Crippen LogP) is 5.32. The van der Waals surface area contributed by atoms with E-state index in [2.05, 4.69) is 0 Å². The molecule has 186 valence electrons. The summed E-state index contributed by atoms with van der Waals surface area (Å²) in [6, 6.07) is 27.3. The first-order valence-electron chi connectivity index (χ1n) is 12.7. The Bertz CT molecular complexity index is 1140. The van der Waals surface area contributed by atoms with Crippen molar-refractivity contribution >= 4 is 23.4 Å². The number of halogens is 1. The molecule has 6 heteroatoms. The van der Waals surface area contributed by atoms with Crippen molar-refractivity contribution in [2.24, 2.45) is 0 Å². The molecule has 0 aromatic heterocycles. The zero-order valence-corrected chi connectivity index (χ0v) is 21.1. The zero-order chi connectivity index (χ0) is 25.0. The molecule has 3 aromatic rings. The Kier molecular flexibility index (Phi) is 7.28. The third-order valence-corrected chi connectivity index (χ3v) is 7.65. The number of hydrogen-bond acceptors (Lipinski definition) is 3. The van der Waals surface area contributed by atoms with E-state index < -0.39 is 5.41 Å². The van der Waals surface area contributed by atoms with Gasteiger partial charge < -0.3 is 14.5 Å². The molecule has 2 saturated heterocycles. The molecule has 0 unspecified atom stereocenters. The summed E-state index contributed by atoms with van der Waals surface area (Å²) in [5.41, 5.74) is 1.21. The van der Waals surface area contributed by atoms with Crippen molar-refractivity contribution in [1.82, 2.24) is 9.80 Å². The Morgan fingerprint density at radius 1 is 0.861 bits per heavy atom. The van der Waals surface area contributed by atoms with Crippen LogP contribution < -0.4 is 4.74 Å². The number of ether oxygens (including phenoxy) is 1. The van der Waals surface area contributed by atoms with Gasteiger partial charge in [-0.3, -0.25) is 9.59 Å². The number of amides is 2. The molecule has 2 heterocycles. The minimum Gasteiger partial charge on any atom is -0.490 e. The number of piperidine rings is 2. The van der Waals surface area contributed by atoms with Gasteiger partial charge >= 0.3 is 0 Å². The molecule has 0 aliphatic carbocycles. The summed E-state index contributed by atoms with van der Waals surface area (Å²) in [6.07, 6.45) is 3.17. The largest absolute Gasteiger partial charge is 0.490 e. The van der Waals surface area contributed by atoms with Crippen molar-refractivity contribution in [3.8, 4) is 5.75 Å². The first kappa shape index (κ1) is 24.4. The molecule has 0 N–H and O–H groups in total. The van der Waals surface area contributed by atoms with E-state index >= 15 is 0 Å². The van der Waals surface area contributed by atoms with E-state index in [-0.39, 0.29) is 24.5 Å². The van der Waals surface area contributed by atoms with Gasteiger partial charge in [-0.05, 0) is 48.2 Å². The second kappa shape index (κ2) is 10.8. The predicted molar refractivity (Wildman–Crippen MR) is 141 cm³/mol. The zero-order valence-electron chi connectivity index (χ0n) is 20.3. The van der Waals surface area contributed by atoms with Crippen LogP contribution in [0.5, 0.6) is 5.75 Å². The fraction of sp³-hybridized carbons (Fsp3) is 0.333. The number of nitrogens with zero attached hydrogens (tertiary/aromatic N) is 2. The summed E-state index contributed by atoms with van der Waals surface area (Å²) < 4.78 is 6.07. The van der Waals surface area contributed by atoms with Gasteiger partial charge in [0.1, 0.15) is 11.9 Å². The van der Waals surface area contributed by atoms with Crippen LogP contribution in [0.1, 0.15) is 36.8 Å². The van der Waals surface area contributed by atoms with Gasteiger partial charge in [-0.1, -0.05) is 72.3 Å². The molecular weight excluding hydrogens is 472 g/mol. The van der Waals surface area contributed by atoms with Gasteiger partial charge in [0.2, 0.25) is 11.8 Å². The number of rotatable bonds is 6. The molecule has 0 radical (unpaired) electrons. The van der Waals surface area contributed by atoms with Crippen molar-refractivity contribution in [3.05, 3.63) is 101 Å². The lowest BCUT2D eigenvalue weighted by atomic mass is 9.68. The van der Waals surface area contributed by atoms with E-state index in [1.54, 1.807) is 4.90 Å². The fourth-order valence-corrected chi connectivity index (χ4v) is 5.63. The Balaban J connectivity index is 1.26. The van der Waals surface area contributed by atoms with Crippen molar-refractivity contribution in [2.75, 3.05) is 26.2 Å². The quantitative estimate of drug-likeness (QED) is 0.458. The average molecular weight is 503 g/mol. The fourth-order valence-electron chi connectivity index (χ4n) is 5.50. The Hall–Kier alpha value is -3.31. The van der Waals surface area contributed by atoms with Gasteiger partial charge in [0.05, 0.1) is 12.0 Å². The summed E-state index contributed by atoms with van der Waals surface area (Å²) in [4.78, 5) is 31.0. The molecule has 2 amide bonds. The van der Waals surface area contributed by atoms with Crippen LogP contribution in [0.25, 0.3) is 0 Å². The maximum absolute atomic E-state index is 14.1. The molecule has 36 heavy (non-hydrogen) atoms. The van der Waals surface area contributed by atoms with Crippen LogP contribution in [0.15, 0.2) is 84.9 Å². The van der Waals surface area contributed by atoms with Crippen LogP contribution in [-0.2, 0) is 15.0 Å². The van der Waals surface area contributed by atoms with E-state index in [0.29, 0.717) is 24.7 Å². The van der Waals surface area contributed by atoms with Crippen LogP contribution in [0.2, 0.25) is 5.02 Å². The molecule has 0 bridgehead atoms. The molecule has 0 atom stereocenters. The topological polar surface area (TPSA) is 49.9 Å². The minimum atomic E-state index is -0.763. The molecule has 2 aliphatic rings. The van der Waals surface area contributed by atoms with Crippen molar-refractivity contribution in [3.63, 3.8) is 0 Å². The third-order valence-electron chi connectivity index (χ3n) is 7.40. The van der Waals surface area contributed by atoms with Crippen LogP contribution >= 0.6 is 11.6 Å². The molecular formula is C30H31ClN2O3. The number of likely N-dealkylation sites (tertiary alicyclic amines) is 2. The molecule has 0 spiro atoms. The van der Waals surface area contributed by atoms with E-state index in [1.165, 1.54) is 0 Å². The van der Waals surface area contributed by atoms with Crippen LogP contribution in [0.3, 0.4) is 0 Å². The lowest BCUT2D eigenvalue weighted by molar-refractivity contribution is -0.146. The van der Waals surface area contributed by atoms with Gasteiger partial charge in [-0.15, -0.1) is 0 Å². The second-order valence-electron chi connectivity index (χ2n) is 9.62. The Morgan fingerprint density at radius 2 is 1.44 bits per heavy atom. The summed E-state index contributed by atoms with van der Waals surface area (Å²) in [7, 11) is 0. The molecule has 2 fully saturated rings. The standard InChI is InChI=1S/C30H31ClN2O3/c31-25-12-14-26(15-13-25)36-27-16-20-32(21-17-27)28(34)22-33-19-7-18-30(29(33)35,23-8-3-1-4-9-23)24-10-5-2-6-11-24/h1-6,8-15,27H,7,16-22H2. The highest BCUT2D eigenvalue weighted by molar-refractivity contribution is 6.30. The van der Waals surface area contributed by atoms with E-state index in [4.69, 9.17) is 16.3 Å². The maximum atomic E-state index is 14.1. The summed E-state index contributed by atoms with van der Waals surface area (Å²) >= 11 is 5.96. The monoisotopic (exact) mass is 502 g/mol. The maximum Gasteiger partial charge on any atom is 0.242 e. The van der Waals surface area contributed by atoms with Gasteiger partial charge in [0.15, 0.2) is 0 Å². The minimum absolute atomic E-state index is 0.00483. The highest BCUT2D eigenvalue weighted by Crippen LogP contribution is 2.41. The van der Waals surface area contributed by atoms with Gasteiger partial charge in [0, 0.05) is 37.5 Å². The first-order chi connectivity index (χ1) is 17.6. The number of hydrogen-bond donors (Lipinski definition) is 0. The van der Waals surface area contributed by atoms with Crippen molar-refractivity contribution in [1.29, 1.82) is 0 Å². The molecule has 0 saturated carbocycles. The van der Waals surface area contributed by atoms with Gasteiger partial charge in [0.25, 0.3) is 0 Å². The molecule has 5 nitrogen and oxygen atoms in total. The summed E-state index contributed by atoms with van der Waals surface area (Å²) in [5.74, 6) is 0.812. The Morgan fingerprint density at radius 3 is 2.03 bits per heavy atom. The summed E-state index contributed by atoms with van der Waals surface area (Å²) in [6.45, 7) is 1.97. The highest BCUT2D eigenvalue weighted by atomic mass is 35.5. The van der Waals surface area contributed by atoms with Crippen LogP contribution in [0, 0.1) is 0 Å². The van der Waals surface area contributed by atoms with E-state index in [0.717, 1.165) is 42.6 Å². The first-order valence-corrected chi connectivity index (χ1v) is 13.0. The molecule has 5 rings (SSSR count). The normalized spacial score (nSPS) is 18.2. The van der Waals surface area contributed by atoms with Gasteiger partial charge in [-0.2, -0.15) is 0 Å². The lowest BCUT2D eigenvalue weighted by Crippen LogP contribution is -2.55. The van der Waals surface area contributed by atoms with E-state index in [9.17, 15) is 9.59 Å². The average Bonchev–Trinajstić information content (AvgIpc) is 2.93. The summed E-state index contributed by atoms with van der Waals surface area (Å²) in [5, 5.41) is 0.679. The lowest BCUT2D eigenvalue weighted by Gasteiger charge is -2.43. The molecule has 3 aromatic carbocycles. The number of carbonyl (C=O) groups is 2. The highest BCUT2D eigenvalue weighted by Gasteiger charge is 2.47. The van der Waals surface area contributed by atoms with E-state index in [1.807, 2.05) is 89.8 Å².